The van der Waals surface area contributed by atoms with E-state index in [0.29, 0.717) is 0 Å². The molecular weight excluding hydrogens is 143 g/mol. The van der Waals surface area contributed by atoms with Crippen LogP contribution in [0.25, 0.3) is 11.1 Å². The van der Waals surface area contributed by atoms with Gasteiger partial charge in [0.25, 0.3) is 0 Å². The summed E-state index contributed by atoms with van der Waals surface area (Å²) in [7, 11) is 0. The normalized spacial score (nSPS) is 10.4. The van der Waals surface area contributed by atoms with Crippen LogP contribution in [-0.2, 0) is 0 Å². The third kappa shape index (κ3) is 1.34. The first-order chi connectivity index (χ1) is 5.38. The Kier molecular flexibility index (Phi) is 1.99. The van der Waals surface area contributed by atoms with Gasteiger partial charge >= 0.3 is 84.3 Å². The second kappa shape index (κ2) is 2.98. The fraction of sp³-hybridized carbons (Fsp3) is 0. The van der Waals surface area contributed by atoms with Crippen molar-refractivity contribution in [3.63, 3.8) is 0 Å². The Hall–Kier alpha value is -0.300. The topological polar surface area (TPSA) is 0 Å². The molecule has 2 rings (SSSR count). The fourth-order valence-corrected chi connectivity index (χ4v) is 1.99. The van der Waals surface area contributed by atoms with Crippen LogP contribution in [0, 0.1) is 0 Å². The minimum absolute atomic E-state index is 1.14. The zero-order valence-corrected chi connectivity index (χ0v) is 8.54. The Morgan fingerprint density at radius 3 is 2.55 bits per heavy atom. The standard InChI is InChI=1S/C10H7.Na/c1-2-5-9-7-4-8-10(9)6-3-1;/h1-7H;. The predicted molar refractivity (Wildman–Crippen MR) is 48.5 cm³/mol. The van der Waals surface area contributed by atoms with E-state index in [1.54, 1.807) is 0 Å². The van der Waals surface area contributed by atoms with Crippen molar-refractivity contribution < 1.29 is 0 Å². The molecule has 0 unspecified atom stereocenters. The molecule has 0 saturated heterocycles. The zero-order valence-electron chi connectivity index (χ0n) is 6.54. The molecule has 0 aromatic carbocycles. The summed E-state index contributed by atoms with van der Waals surface area (Å²) >= 11 is 1.14. The quantitative estimate of drug-likeness (QED) is 0.500. The van der Waals surface area contributed by atoms with E-state index >= 15 is 0 Å². The summed E-state index contributed by atoms with van der Waals surface area (Å²) in [5.74, 6) is 0. The van der Waals surface area contributed by atoms with E-state index in [-0.39, 0.29) is 0 Å². The van der Waals surface area contributed by atoms with Crippen molar-refractivity contribution in [1.29, 1.82) is 0 Å². The fourth-order valence-electron chi connectivity index (χ4n) is 1.37. The van der Waals surface area contributed by atoms with Crippen molar-refractivity contribution in [2.75, 3.05) is 0 Å². The van der Waals surface area contributed by atoms with Gasteiger partial charge in [0.15, 0.2) is 0 Å². The van der Waals surface area contributed by atoms with Crippen LogP contribution < -0.4 is 2.81 Å². The Labute approximate surface area is 84.0 Å². The molecule has 1 heteroatoms. The molecule has 0 radical (unpaired) electrons. The van der Waals surface area contributed by atoms with Crippen LogP contribution in [-0.4, -0.2) is 27.9 Å². The van der Waals surface area contributed by atoms with E-state index in [4.69, 9.17) is 0 Å². The van der Waals surface area contributed by atoms with E-state index in [0.717, 1.165) is 27.9 Å². The van der Waals surface area contributed by atoms with Crippen LogP contribution in [0.2, 0.25) is 0 Å². The van der Waals surface area contributed by atoms with Gasteiger partial charge in [0, 0.05) is 0 Å². The van der Waals surface area contributed by atoms with Crippen LogP contribution in [0.5, 0.6) is 0 Å². The molecule has 0 aromatic rings. The van der Waals surface area contributed by atoms with Gasteiger partial charge in [-0.3, -0.25) is 0 Å². The summed E-state index contributed by atoms with van der Waals surface area (Å²) in [6.07, 6.45) is 0. The third-order valence-corrected chi connectivity index (χ3v) is 2.88. The second-order valence-electron chi connectivity index (χ2n) is 2.80. The maximum absolute atomic E-state index is 2.22. The summed E-state index contributed by atoms with van der Waals surface area (Å²) < 4.78 is 1.50. The van der Waals surface area contributed by atoms with Crippen molar-refractivity contribution in [2.24, 2.45) is 0 Å². The van der Waals surface area contributed by atoms with Crippen molar-refractivity contribution in [2.45, 2.75) is 0 Å². The van der Waals surface area contributed by atoms with Crippen LogP contribution in [0.3, 0.4) is 0 Å². The van der Waals surface area contributed by atoms with Crippen molar-refractivity contribution in [3.8, 4) is 11.1 Å². The molecule has 0 amide bonds. The molecule has 0 aliphatic heterocycles. The van der Waals surface area contributed by atoms with E-state index in [9.17, 15) is 0 Å². The Bertz CT molecular complexity index is 341. The summed E-state index contributed by atoms with van der Waals surface area (Å²) in [6.45, 7) is 0. The SMILES string of the molecule is [Na][c]1ccc2cccccc1-2. The van der Waals surface area contributed by atoms with Gasteiger partial charge in [0.1, 0.15) is 0 Å². The van der Waals surface area contributed by atoms with Gasteiger partial charge in [0.05, 0.1) is 0 Å². The Morgan fingerprint density at radius 1 is 0.818 bits per heavy atom. The molecule has 2 aliphatic rings. The third-order valence-electron chi connectivity index (χ3n) is 2.01. The van der Waals surface area contributed by atoms with Crippen LogP contribution in [0.1, 0.15) is 0 Å². The van der Waals surface area contributed by atoms with E-state index in [1.165, 1.54) is 13.9 Å². The molecule has 0 aromatic heterocycles. The van der Waals surface area contributed by atoms with Crippen LogP contribution in [0.15, 0.2) is 42.5 Å². The summed E-state index contributed by atoms with van der Waals surface area (Å²) in [5.41, 5.74) is 2.78. The Morgan fingerprint density at radius 2 is 1.64 bits per heavy atom. The van der Waals surface area contributed by atoms with Gasteiger partial charge in [-0.15, -0.1) is 0 Å². The number of hydrogen-bond acceptors (Lipinski definition) is 0. The summed E-state index contributed by atoms with van der Waals surface area (Å²) in [4.78, 5) is 0. The molecule has 0 N–H and O–H groups in total. The number of fused-ring (bicyclic) bond motifs is 1. The van der Waals surface area contributed by atoms with E-state index in [2.05, 4.69) is 42.5 Å². The first-order valence-corrected chi connectivity index (χ1v) is 4.82. The summed E-state index contributed by atoms with van der Waals surface area (Å²) in [6, 6.07) is 15.0. The minimum atomic E-state index is 1.14. The van der Waals surface area contributed by atoms with E-state index < -0.39 is 0 Å². The molecule has 0 saturated carbocycles. The predicted octanol–water partition coefficient (Wildman–Crippen LogP) is 1.59. The molecular formula is C10H7Na. The number of rotatable bonds is 0. The molecule has 0 atom stereocenters. The summed E-state index contributed by atoms with van der Waals surface area (Å²) in [5, 5.41) is 0. The van der Waals surface area contributed by atoms with Gasteiger partial charge in [-0.1, -0.05) is 0 Å². The van der Waals surface area contributed by atoms with Crippen molar-refractivity contribution in [3.05, 3.63) is 42.5 Å². The zero-order chi connectivity index (χ0) is 7.68. The van der Waals surface area contributed by atoms with E-state index in [1.807, 2.05) is 0 Å². The second-order valence-corrected chi connectivity index (χ2v) is 3.87. The average molecular weight is 150 g/mol. The van der Waals surface area contributed by atoms with Gasteiger partial charge in [-0.25, -0.2) is 0 Å². The molecule has 0 spiro atoms. The first kappa shape index (κ1) is 7.35. The first-order valence-electron chi connectivity index (χ1n) is 3.82. The van der Waals surface area contributed by atoms with Gasteiger partial charge in [0.2, 0.25) is 0 Å². The molecule has 11 heavy (non-hydrogen) atoms. The van der Waals surface area contributed by atoms with Crippen molar-refractivity contribution in [1.82, 2.24) is 0 Å². The molecule has 48 valence electrons. The molecule has 0 nitrogen and oxygen atoms in total. The molecule has 0 bridgehead atoms. The van der Waals surface area contributed by atoms with Crippen LogP contribution >= 0.6 is 0 Å². The molecule has 0 heterocycles. The van der Waals surface area contributed by atoms with Crippen LogP contribution in [0.4, 0.5) is 0 Å². The van der Waals surface area contributed by atoms with Crippen molar-refractivity contribution >= 4 is 30.7 Å². The molecule has 0 fully saturated rings. The number of hydrogen-bond donors (Lipinski definition) is 0. The molecule has 2 aliphatic carbocycles. The average Bonchev–Trinajstić information content (AvgIpc) is 2.25. The van der Waals surface area contributed by atoms with Gasteiger partial charge in [-0.2, -0.15) is 0 Å². The monoisotopic (exact) mass is 150 g/mol. The van der Waals surface area contributed by atoms with Gasteiger partial charge < -0.3 is 0 Å². The Balaban J connectivity index is 2.75. The van der Waals surface area contributed by atoms with Gasteiger partial charge in [-0.05, 0) is 0 Å². The maximum atomic E-state index is 2.22.